The molecule has 2 aliphatic carbocycles. The lowest BCUT2D eigenvalue weighted by atomic mass is 9.51. The van der Waals surface area contributed by atoms with Crippen molar-refractivity contribution in [2.75, 3.05) is 9.80 Å². The number of fused-ring (bicyclic) bond motifs is 6. The Hall–Kier alpha value is -6.69. The van der Waals surface area contributed by atoms with Crippen molar-refractivity contribution >= 4 is 84.7 Å². The first-order valence-electron chi connectivity index (χ1n) is 21.0. The fourth-order valence-corrected chi connectivity index (χ4v) is 12.4. The molecule has 312 valence electrons. The lowest BCUT2D eigenvalue weighted by Gasteiger charge is -2.49. The van der Waals surface area contributed by atoms with E-state index >= 15 is 9.59 Å². The maximum absolute atomic E-state index is 15.4. The molecule has 11 rings (SSSR count). The van der Waals surface area contributed by atoms with Gasteiger partial charge in [-0.1, -0.05) is 83.9 Å². The fourth-order valence-electron chi connectivity index (χ4n) is 11.1. The molecule has 7 aromatic rings. The molecule has 4 heterocycles. The van der Waals surface area contributed by atoms with Crippen molar-refractivity contribution in [3.63, 3.8) is 0 Å². The van der Waals surface area contributed by atoms with Crippen LogP contribution in [0.15, 0.2) is 127 Å². The highest BCUT2D eigenvalue weighted by Crippen LogP contribution is 2.64. The first-order valence-corrected chi connectivity index (χ1v) is 22.2. The first-order chi connectivity index (χ1) is 30.4. The predicted molar refractivity (Wildman–Crippen MR) is 243 cm³/mol. The summed E-state index contributed by atoms with van der Waals surface area (Å²) in [7, 11) is 1.72. The zero-order valence-corrected chi connectivity index (χ0v) is 36.0. The van der Waals surface area contributed by atoms with Crippen molar-refractivity contribution in [1.82, 2.24) is 9.78 Å². The predicted octanol–water partition coefficient (Wildman–Crippen LogP) is 9.79. The van der Waals surface area contributed by atoms with E-state index in [4.69, 9.17) is 16.7 Å². The number of rotatable bonds is 6. The van der Waals surface area contributed by atoms with E-state index in [1.54, 1.807) is 83.7 Å². The van der Waals surface area contributed by atoms with Gasteiger partial charge >= 0.3 is 0 Å². The standard InChI is InChI=1S/C51H39ClN4O6S/c1-26-36-23-29(52)15-22-41(36)63-46(26)39-25-42(54(3)53-39)56-48(60)38-24-37-34(44(51(38,2)50(56)62)33-20-21-40(57)32-12-8-7-11-31(32)33)18-19-35-43(37)49(61)55(47(35)59)30-16-13-28(14-17-30)45(58)27-9-5-4-6-10-27/h4-18,20-23,25,35,37-38,43-44,57H,19,24H2,1-3H3/t35-,37+,38-,43-,44-,51+/m0/s1. The van der Waals surface area contributed by atoms with Crippen molar-refractivity contribution in [1.29, 1.82) is 0 Å². The Bertz CT molecular complexity index is 3190. The van der Waals surface area contributed by atoms with Gasteiger partial charge in [0.05, 0.1) is 33.7 Å². The number of thiophene rings is 1. The third-order valence-electron chi connectivity index (χ3n) is 14.2. The first kappa shape index (κ1) is 39.2. The van der Waals surface area contributed by atoms with E-state index in [9.17, 15) is 19.5 Å². The van der Waals surface area contributed by atoms with E-state index in [1.807, 2.05) is 74.5 Å². The topological polar surface area (TPSA) is 130 Å². The van der Waals surface area contributed by atoms with Crippen LogP contribution in [-0.4, -0.2) is 44.3 Å². The Morgan fingerprint density at radius 2 is 1.51 bits per heavy atom. The molecule has 0 bridgehead atoms. The van der Waals surface area contributed by atoms with E-state index in [-0.39, 0.29) is 42.1 Å². The van der Waals surface area contributed by atoms with Crippen molar-refractivity contribution in [2.24, 2.45) is 36.1 Å². The van der Waals surface area contributed by atoms with Crippen LogP contribution in [0.3, 0.4) is 0 Å². The smallest absolute Gasteiger partial charge is 0.242 e. The third kappa shape index (κ3) is 5.62. The van der Waals surface area contributed by atoms with Crippen LogP contribution in [0.5, 0.6) is 5.75 Å². The van der Waals surface area contributed by atoms with Crippen LogP contribution in [0.25, 0.3) is 31.4 Å². The third-order valence-corrected chi connectivity index (χ3v) is 15.7. The summed E-state index contributed by atoms with van der Waals surface area (Å²) in [6.07, 6.45) is 2.47. The van der Waals surface area contributed by atoms with Gasteiger partial charge in [0.25, 0.3) is 0 Å². The van der Waals surface area contributed by atoms with E-state index in [0.717, 1.165) is 37.0 Å². The van der Waals surface area contributed by atoms with Crippen LogP contribution in [0.2, 0.25) is 5.02 Å². The molecule has 6 atom stereocenters. The summed E-state index contributed by atoms with van der Waals surface area (Å²) >= 11 is 7.92. The maximum atomic E-state index is 15.4. The van der Waals surface area contributed by atoms with Crippen LogP contribution in [-0.2, 0) is 26.2 Å². The van der Waals surface area contributed by atoms with Gasteiger partial charge in [-0.25, -0.2) is 4.90 Å². The summed E-state index contributed by atoms with van der Waals surface area (Å²) in [5.41, 5.74) is 3.23. The summed E-state index contributed by atoms with van der Waals surface area (Å²) in [5, 5.41) is 18.8. The highest BCUT2D eigenvalue weighted by atomic mass is 35.5. The number of hydrogen-bond donors (Lipinski definition) is 1. The molecular formula is C51H39ClN4O6S. The van der Waals surface area contributed by atoms with Gasteiger partial charge in [-0.3, -0.25) is 33.6 Å². The molecule has 2 saturated heterocycles. The number of imide groups is 2. The minimum absolute atomic E-state index is 0.0847. The van der Waals surface area contributed by atoms with Gasteiger partial charge in [0.15, 0.2) is 5.78 Å². The number of ketones is 1. The molecule has 3 fully saturated rings. The second kappa shape index (κ2) is 14.2. The van der Waals surface area contributed by atoms with E-state index in [1.165, 1.54) is 9.80 Å². The summed E-state index contributed by atoms with van der Waals surface area (Å²) in [6.45, 7) is 3.87. The Labute approximate surface area is 371 Å². The SMILES string of the molecule is Cc1c(-c2cc(N3C(=O)[C@@H]4C[C@@H]5C(=CC[C@@H]6C(=O)N(c7ccc(C(=O)c8ccccc8)cc7)C(=O)[C@@H]65)[C@H](c5ccc(O)c6ccccc56)[C@]4(C)C3=O)n(C)n2)sc2ccc(Cl)cc12. The molecule has 4 amide bonds. The number of halogens is 1. The number of amides is 4. The normalized spacial score (nSPS) is 24.3. The van der Waals surface area contributed by atoms with E-state index < -0.39 is 40.9 Å². The molecular weight excluding hydrogens is 832 g/mol. The molecule has 5 aromatic carbocycles. The molecule has 12 heteroatoms. The number of carbonyl (C=O) groups is 5. The quantitative estimate of drug-likeness (QED) is 0.100. The summed E-state index contributed by atoms with van der Waals surface area (Å²) in [4.78, 5) is 76.5. The summed E-state index contributed by atoms with van der Waals surface area (Å²) < 4.78 is 2.61. The molecule has 10 nitrogen and oxygen atoms in total. The Morgan fingerprint density at radius 1 is 0.794 bits per heavy atom. The largest absolute Gasteiger partial charge is 0.507 e. The molecule has 1 N–H and O–H groups in total. The number of carbonyl (C=O) groups excluding carboxylic acids is 5. The molecule has 0 unspecified atom stereocenters. The van der Waals surface area contributed by atoms with Crippen LogP contribution in [0.1, 0.15) is 52.7 Å². The molecule has 4 aliphatic rings. The number of phenolic OH excluding ortho intramolecular Hbond substituents is 1. The van der Waals surface area contributed by atoms with Crippen molar-refractivity contribution in [3.05, 3.63) is 154 Å². The lowest BCUT2D eigenvalue weighted by Crippen LogP contribution is -2.49. The molecule has 0 spiro atoms. The molecule has 2 aliphatic heterocycles. The number of nitrogens with zero attached hydrogens (tertiary/aromatic N) is 4. The van der Waals surface area contributed by atoms with E-state index in [2.05, 4.69) is 0 Å². The van der Waals surface area contributed by atoms with Gasteiger partial charge in [0.1, 0.15) is 17.3 Å². The maximum Gasteiger partial charge on any atom is 0.242 e. The average Bonchev–Trinajstić information content (AvgIpc) is 3.97. The highest BCUT2D eigenvalue weighted by molar-refractivity contribution is 7.22. The average molecular weight is 871 g/mol. The number of aryl methyl sites for hydroxylation is 2. The van der Waals surface area contributed by atoms with Gasteiger partial charge in [-0.2, -0.15) is 5.10 Å². The zero-order chi connectivity index (χ0) is 43.6. The molecule has 2 aromatic heterocycles. The number of phenols is 1. The Balaban J connectivity index is 1.00. The minimum Gasteiger partial charge on any atom is -0.507 e. The number of anilines is 2. The minimum atomic E-state index is -1.31. The van der Waals surface area contributed by atoms with Gasteiger partial charge in [-0.05, 0) is 103 Å². The Morgan fingerprint density at radius 3 is 2.27 bits per heavy atom. The number of aromatic nitrogens is 2. The number of aromatic hydroxyl groups is 1. The van der Waals surface area contributed by atoms with Crippen molar-refractivity contribution in [2.45, 2.75) is 32.6 Å². The van der Waals surface area contributed by atoms with Crippen LogP contribution in [0, 0.1) is 36.0 Å². The second-order valence-electron chi connectivity index (χ2n) is 17.3. The van der Waals surface area contributed by atoms with Crippen LogP contribution >= 0.6 is 22.9 Å². The molecule has 1 saturated carbocycles. The van der Waals surface area contributed by atoms with Gasteiger partial charge < -0.3 is 5.11 Å². The highest BCUT2D eigenvalue weighted by Gasteiger charge is 2.68. The molecule has 63 heavy (non-hydrogen) atoms. The van der Waals surface area contributed by atoms with E-state index in [0.29, 0.717) is 38.7 Å². The fraction of sp³-hybridized carbons (Fsp3) is 0.216. The number of benzene rings is 5. The van der Waals surface area contributed by atoms with Gasteiger partial charge in [0.2, 0.25) is 23.6 Å². The lowest BCUT2D eigenvalue weighted by molar-refractivity contribution is -0.131. The zero-order valence-electron chi connectivity index (χ0n) is 34.4. The number of allylic oxidation sites excluding steroid dienone is 2. The van der Waals surface area contributed by atoms with Crippen LogP contribution in [0.4, 0.5) is 11.5 Å². The van der Waals surface area contributed by atoms with Crippen molar-refractivity contribution < 1.29 is 29.1 Å². The molecule has 0 radical (unpaired) electrons. The van der Waals surface area contributed by atoms with Crippen LogP contribution < -0.4 is 9.80 Å². The summed E-state index contributed by atoms with van der Waals surface area (Å²) in [5.74, 6) is -4.79. The second-order valence-corrected chi connectivity index (χ2v) is 18.8. The monoisotopic (exact) mass is 870 g/mol. The van der Waals surface area contributed by atoms with Crippen molar-refractivity contribution in [3.8, 4) is 16.3 Å². The summed E-state index contributed by atoms with van der Waals surface area (Å²) in [6, 6.07) is 33.9. The van der Waals surface area contributed by atoms with Gasteiger partial charge in [-0.15, -0.1) is 11.3 Å². The van der Waals surface area contributed by atoms with Gasteiger partial charge in [0, 0.05) is 45.3 Å². The Kier molecular flexibility index (Phi) is 8.81. The number of hydrogen-bond acceptors (Lipinski definition) is 8.